The molecule has 5 heteroatoms. The highest BCUT2D eigenvalue weighted by Crippen LogP contribution is 2.35. The summed E-state index contributed by atoms with van der Waals surface area (Å²) in [6.45, 7) is 0. The summed E-state index contributed by atoms with van der Waals surface area (Å²) in [5.74, 6) is 0. The number of hydrogen-bond acceptors (Lipinski definition) is 3. The Morgan fingerprint density at radius 1 is 1.00 bits per heavy atom. The fourth-order valence-corrected chi connectivity index (χ4v) is 3.06. The third-order valence-electron chi connectivity index (χ3n) is 3.09. The number of hydrogen-bond donors (Lipinski definition) is 2. The average molecular weight is 260 g/mol. The molecule has 1 heterocycles. The SMILES string of the molecule is NS(=O)(=O)c1cccc2c1Cc1ccccc1N2. The maximum atomic E-state index is 11.6. The van der Waals surface area contributed by atoms with Crippen LogP contribution in [0.3, 0.4) is 0 Å². The topological polar surface area (TPSA) is 72.2 Å². The summed E-state index contributed by atoms with van der Waals surface area (Å²) < 4.78 is 23.1. The lowest BCUT2D eigenvalue weighted by atomic mass is 9.97. The number of nitrogens with two attached hydrogens (primary N) is 1. The van der Waals surface area contributed by atoms with E-state index in [0.29, 0.717) is 6.42 Å². The molecule has 3 N–H and O–H groups in total. The van der Waals surface area contributed by atoms with Gasteiger partial charge in [-0.1, -0.05) is 24.3 Å². The number of rotatable bonds is 1. The minimum Gasteiger partial charge on any atom is -0.355 e. The molecule has 0 amide bonds. The van der Waals surface area contributed by atoms with Crippen LogP contribution in [0.5, 0.6) is 0 Å². The van der Waals surface area contributed by atoms with E-state index in [1.807, 2.05) is 30.3 Å². The minimum absolute atomic E-state index is 0.196. The van der Waals surface area contributed by atoms with Gasteiger partial charge in [-0.2, -0.15) is 0 Å². The normalized spacial score (nSPS) is 13.4. The molecule has 0 aromatic heterocycles. The third kappa shape index (κ3) is 1.77. The fourth-order valence-electron chi connectivity index (χ4n) is 2.26. The molecular formula is C13H12N2O2S. The number of sulfonamides is 1. The largest absolute Gasteiger partial charge is 0.355 e. The highest BCUT2D eigenvalue weighted by atomic mass is 32.2. The van der Waals surface area contributed by atoms with Gasteiger partial charge in [-0.05, 0) is 23.8 Å². The van der Waals surface area contributed by atoms with E-state index >= 15 is 0 Å². The Kier molecular flexibility index (Phi) is 2.39. The van der Waals surface area contributed by atoms with Crippen LogP contribution in [0.4, 0.5) is 11.4 Å². The van der Waals surface area contributed by atoms with Gasteiger partial charge in [-0.25, -0.2) is 13.6 Å². The van der Waals surface area contributed by atoms with Gasteiger partial charge < -0.3 is 5.32 Å². The molecule has 0 saturated carbocycles. The summed E-state index contributed by atoms with van der Waals surface area (Å²) in [5, 5.41) is 8.48. The number of benzene rings is 2. The quantitative estimate of drug-likeness (QED) is 0.702. The molecule has 2 aromatic carbocycles. The zero-order valence-electron chi connectivity index (χ0n) is 9.55. The van der Waals surface area contributed by atoms with E-state index in [1.165, 1.54) is 0 Å². The van der Waals surface area contributed by atoms with Gasteiger partial charge in [0.2, 0.25) is 10.0 Å². The molecule has 4 nitrogen and oxygen atoms in total. The van der Waals surface area contributed by atoms with Crippen LogP contribution in [0.25, 0.3) is 0 Å². The molecule has 0 unspecified atom stereocenters. The van der Waals surface area contributed by atoms with Crippen molar-refractivity contribution in [1.82, 2.24) is 0 Å². The molecule has 0 fully saturated rings. The van der Waals surface area contributed by atoms with Gasteiger partial charge in [0.1, 0.15) is 0 Å². The number of fused-ring (bicyclic) bond motifs is 2. The first kappa shape index (κ1) is 11.3. The Bertz CT molecular complexity index is 724. The van der Waals surface area contributed by atoms with Gasteiger partial charge in [0.25, 0.3) is 0 Å². The highest BCUT2D eigenvalue weighted by Gasteiger charge is 2.21. The summed E-state index contributed by atoms with van der Waals surface area (Å²) in [6.07, 6.45) is 0.575. The molecule has 0 atom stereocenters. The van der Waals surface area contributed by atoms with Crippen molar-refractivity contribution in [3.63, 3.8) is 0 Å². The average Bonchev–Trinajstić information content (AvgIpc) is 2.34. The lowest BCUT2D eigenvalue weighted by molar-refractivity contribution is 0.597. The first-order valence-corrected chi connectivity index (χ1v) is 7.10. The van der Waals surface area contributed by atoms with Crippen LogP contribution in [0.1, 0.15) is 11.1 Å². The van der Waals surface area contributed by atoms with Crippen molar-refractivity contribution < 1.29 is 8.42 Å². The van der Waals surface area contributed by atoms with Crippen molar-refractivity contribution in [1.29, 1.82) is 0 Å². The van der Waals surface area contributed by atoms with Crippen LogP contribution in [0, 0.1) is 0 Å². The molecule has 0 bridgehead atoms. The van der Waals surface area contributed by atoms with Gasteiger partial charge >= 0.3 is 0 Å². The van der Waals surface area contributed by atoms with Gasteiger partial charge in [-0.15, -0.1) is 0 Å². The fraction of sp³-hybridized carbons (Fsp3) is 0.0769. The molecule has 0 saturated heterocycles. The maximum absolute atomic E-state index is 11.6. The highest BCUT2D eigenvalue weighted by molar-refractivity contribution is 7.89. The van der Waals surface area contributed by atoms with Gasteiger partial charge in [-0.3, -0.25) is 0 Å². The van der Waals surface area contributed by atoms with Crippen LogP contribution >= 0.6 is 0 Å². The van der Waals surface area contributed by atoms with E-state index in [1.54, 1.807) is 12.1 Å². The smallest absolute Gasteiger partial charge is 0.238 e. The van der Waals surface area contributed by atoms with E-state index in [2.05, 4.69) is 5.32 Å². The van der Waals surface area contributed by atoms with Crippen LogP contribution in [-0.4, -0.2) is 8.42 Å². The number of para-hydroxylation sites is 1. The van der Waals surface area contributed by atoms with E-state index in [0.717, 1.165) is 22.5 Å². The Balaban J connectivity index is 2.20. The summed E-state index contributed by atoms with van der Waals surface area (Å²) >= 11 is 0. The zero-order valence-corrected chi connectivity index (χ0v) is 10.4. The molecule has 18 heavy (non-hydrogen) atoms. The Morgan fingerprint density at radius 2 is 1.72 bits per heavy atom. The first-order valence-electron chi connectivity index (χ1n) is 5.55. The lowest BCUT2D eigenvalue weighted by Crippen LogP contribution is -2.17. The van der Waals surface area contributed by atoms with Crippen LogP contribution < -0.4 is 10.5 Å². The molecule has 3 rings (SSSR count). The van der Waals surface area contributed by atoms with Crippen LogP contribution in [-0.2, 0) is 16.4 Å². The van der Waals surface area contributed by atoms with Crippen molar-refractivity contribution in [3.8, 4) is 0 Å². The molecule has 0 aliphatic carbocycles. The van der Waals surface area contributed by atoms with Crippen molar-refractivity contribution in [2.45, 2.75) is 11.3 Å². The number of anilines is 2. The minimum atomic E-state index is -3.69. The third-order valence-corrected chi connectivity index (χ3v) is 4.09. The molecule has 1 aliphatic heterocycles. The Labute approximate surface area is 105 Å². The van der Waals surface area contributed by atoms with Gasteiger partial charge in [0.15, 0.2) is 0 Å². The maximum Gasteiger partial charge on any atom is 0.238 e. The predicted octanol–water partition coefficient (Wildman–Crippen LogP) is 1.98. The second-order valence-electron chi connectivity index (χ2n) is 4.29. The predicted molar refractivity (Wildman–Crippen MR) is 70.3 cm³/mol. The van der Waals surface area contributed by atoms with Gasteiger partial charge in [0, 0.05) is 23.4 Å². The first-order chi connectivity index (χ1) is 8.55. The molecular weight excluding hydrogens is 248 g/mol. The zero-order chi connectivity index (χ0) is 12.8. The summed E-state index contributed by atoms with van der Waals surface area (Å²) in [6, 6.07) is 12.9. The summed E-state index contributed by atoms with van der Waals surface area (Å²) in [4.78, 5) is 0.196. The molecule has 92 valence electrons. The molecule has 0 radical (unpaired) electrons. The monoisotopic (exact) mass is 260 g/mol. The summed E-state index contributed by atoms with van der Waals surface area (Å²) in [7, 11) is -3.69. The van der Waals surface area contributed by atoms with Gasteiger partial charge in [0.05, 0.1) is 4.90 Å². The number of primary sulfonamides is 1. The summed E-state index contributed by atoms with van der Waals surface area (Å²) in [5.41, 5.74) is 3.62. The lowest BCUT2D eigenvalue weighted by Gasteiger charge is -2.22. The van der Waals surface area contributed by atoms with Crippen molar-refractivity contribution in [2.75, 3.05) is 5.32 Å². The van der Waals surface area contributed by atoms with E-state index in [9.17, 15) is 8.42 Å². The Hall–Kier alpha value is -1.85. The second-order valence-corrected chi connectivity index (χ2v) is 5.82. The van der Waals surface area contributed by atoms with Crippen molar-refractivity contribution >= 4 is 21.4 Å². The van der Waals surface area contributed by atoms with Crippen LogP contribution in [0.15, 0.2) is 47.4 Å². The molecule has 0 spiro atoms. The standard InChI is InChI=1S/C13H12N2O2S/c14-18(16,17)13-7-3-6-12-10(13)8-9-4-1-2-5-11(9)15-12/h1-7,15H,8H2,(H2,14,16,17). The van der Waals surface area contributed by atoms with Crippen LogP contribution in [0.2, 0.25) is 0 Å². The molecule has 2 aromatic rings. The van der Waals surface area contributed by atoms with E-state index < -0.39 is 10.0 Å². The van der Waals surface area contributed by atoms with E-state index in [-0.39, 0.29) is 4.90 Å². The van der Waals surface area contributed by atoms with Crippen molar-refractivity contribution in [3.05, 3.63) is 53.6 Å². The van der Waals surface area contributed by atoms with Crippen molar-refractivity contribution in [2.24, 2.45) is 5.14 Å². The van der Waals surface area contributed by atoms with E-state index in [4.69, 9.17) is 5.14 Å². The molecule has 1 aliphatic rings. The number of nitrogens with one attached hydrogen (secondary N) is 1. The Morgan fingerprint density at radius 3 is 2.50 bits per heavy atom. The second kappa shape index (κ2) is 3.83.